The molecular formula is C10H19N3. The fraction of sp³-hybridized carbons (Fsp3) is 0.700. The van der Waals surface area contributed by atoms with Crippen molar-refractivity contribution in [2.45, 2.75) is 33.2 Å². The molecule has 3 nitrogen and oxygen atoms in total. The number of aliphatic imine (C=N–C) groups is 1. The molecule has 0 amide bonds. The van der Waals surface area contributed by atoms with E-state index in [1.54, 1.807) is 0 Å². The standard InChI is InChI=1S/C10H19N3/c1-5-6-9(4)13-10(11)12-7-8(2)3/h1,8-9H,6-7H2,2-4H3,(H3,11,12,13). The highest BCUT2D eigenvalue weighted by Crippen LogP contribution is 1.91. The number of terminal acetylenes is 1. The lowest BCUT2D eigenvalue weighted by Crippen LogP contribution is -2.38. The van der Waals surface area contributed by atoms with Gasteiger partial charge in [0.15, 0.2) is 5.96 Å². The zero-order chi connectivity index (χ0) is 10.3. The molecule has 0 saturated carbocycles. The van der Waals surface area contributed by atoms with Crippen molar-refractivity contribution in [3.8, 4) is 12.3 Å². The van der Waals surface area contributed by atoms with Crippen LogP contribution in [0.3, 0.4) is 0 Å². The maximum Gasteiger partial charge on any atom is 0.188 e. The lowest BCUT2D eigenvalue weighted by molar-refractivity contribution is 0.645. The fourth-order valence-electron chi connectivity index (χ4n) is 0.807. The van der Waals surface area contributed by atoms with Gasteiger partial charge in [-0.1, -0.05) is 13.8 Å². The van der Waals surface area contributed by atoms with Crippen LogP contribution in [0.25, 0.3) is 0 Å². The van der Waals surface area contributed by atoms with E-state index in [0.29, 0.717) is 18.3 Å². The average Bonchev–Trinajstić information content (AvgIpc) is 2.01. The molecule has 0 saturated heterocycles. The van der Waals surface area contributed by atoms with Gasteiger partial charge in [0.1, 0.15) is 0 Å². The summed E-state index contributed by atoms with van der Waals surface area (Å²) in [5.74, 6) is 3.58. The molecule has 1 unspecified atom stereocenters. The number of rotatable bonds is 4. The predicted octanol–water partition coefficient (Wildman–Crippen LogP) is 0.959. The Labute approximate surface area is 80.8 Å². The topological polar surface area (TPSA) is 50.4 Å². The minimum Gasteiger partial charge on any atom is -0.370 e. The number of hydrogen-bond donors (Lipinski definition) is 2. The molecule has 74 valence electrons. The molecule has 0 aliphatic carbocycles. The van der Waals surface area contributed by atoms with E-state index in [2.05, 4.69) is 30.1 Å². The van der Waals surface area contributed by atoms with E-state index in [0.717, 1.165) is 6.54 Å². The van der Waals surface area contributed by atoms with Gasteiger partial charge in [-0.2, -0.15) is 0 Å². The molecule has 1 atom stereocenters. The van der Waals surface area contributed by atoms with Crippen molar-refractivity contribution in [1.29, 1.82) is 0 Å². The zero-order valence-electron chi connectivity index (χ0n) is 8.67. The van der Waals surface area contributed by atoms with Gasteiger partial charge < -0.3 is 11.1 Å². The quantitative estimate of drug-likeness (QED) is 0.385. The molecule has 0 rings (SSSR count). The van der Waals surface area contributed by atoms with Crippen molar-refractivity contribution >= 4 is 5.96 Å². The summed E-state index contributed by atoms with van der Waals surface area (Å²) >= 11 is 0. The van der Waals surface area contributed by atoms with Crippen LogP contribution in [0.1, 0.15) is 27.2 Å². The first-order chi connectivity index (χ1) is 6.06. The van der Waals surface area contributed by atoms with E-state index in [9.17, 15) is 0 Å². The Balaban J connectivity index is 3.79. The molecule has 0 aliphatic rings. The minimum absolute atomic E-state index is 0.195. The Morgan fingerprint density at radius 3 is 2.62 bits per heavy atom. The fourth-order valence-corrected chi connectivity index (χ4v) is 0.807. The maximum absolute atomic E-state index is 5.62. The second-order valence-electron chi connectivity index (χ2n) is 3.57. The summed E-state index contributed by atoms with van der Waals surface area (Å²) in [4.78, 5) is 4.16. The third-order valence-electron chi connectivity index (χ3n) is 1.45. The van der Waals surface area contributed by atoms with E-state index >= 15 is 0 Å². The number of nitrogens with two attached hydrogens (primary N) is 1. The summed E-state index contributed by atoms with van der Waals surface area (Å²) in [6.07, 6.45) is 5.82. The predicted molar refractivity (Wildman–Crippen MR) is 57.4 cm³/mol. The highest BCUT2D eigenvalue weighted by atomic mass is 15.1. The van der Waals surface area contributed by atoms with Gasteiger partial charge in [-0.15, -0.1) is 12.3 Å². The van der Waals surface area contributed by atoms with Gasteiger partial charge in [-0.05, 0) is 12.8 Å². The number of guanidine groups is 1. The second kappa shape index (κ2) is 6.36. The minimum atomic E-state index is 0.195. The van der Waals surface area contributed by atoms with Crippen molar-refractivity contribution in [3.63, 3.8) is 0 Å². The van der Waals surface area contributed by atoms with Crippen molar-refractivity contribution in [1.82, 2.24) is 5.32 Å². The largest absolute Gasteiger partial charge is 0.370 e. The summed E-state index contributed by atoms with van der Waals surface area (Å²) in [6.45, 7) is 6.93. The van der Waals surface area contributed by atoms with Crippen LogP contribution >= 0.6 is 0 Å². The van der Waals surface area contributed by atoms with Crippen molar-refractivity contribution < 1.29 is 0 Å². The van der Waals surface area contributed by atoms with Crippen LogP contribution in [0.5, 0.6) is 0 Å². The number of hydrogen-bond acceptors (Lipinski definition) is 1. The lowest BCUT2D eigenvalue weighted by atomic mass is 10.2. The molecule has 0 aromatic carbocycles. The van der Waals surface area contributed by atoms with Gasteiger partial charge in [0.2, 0.25) is 0 Å². The van der Waals surface area contributed by atoms with E-state index in [1.165, 1.54) is 0 Å². The molecule has 0 bridgehead atoms. The summed E-state index contributed by atoms with van der Waals surface area (Å²) in [5.41, 5.74) is 5.62. The molecule has 3 N–H and O–H groups in total. The van der Waals surface area contributed by atoms with Crippen molar-refractivity contribution in [2.75, 3.05) is 6.54 Å². The summed E-state index contributed by atoms with van der Waals surface area (Å²) in [5, 5.41) is 3.02. The van der Waals surface area contributed by atoms with Crippen LogP contribution in [0, 0.1) is 18.3 Å². The van der Waals surface area contributed by atoms with Gasteiger partial charge in [0, 0.05) is 19.0 Å². The van der Waals surface area contributed by atoms with Gasteiger partial charge in [-0.3, -0.25) is 4.99 Å². The van der Waals surface area contributed by atoms with Crippen LogP contribution in [0.4, 0.5) is 0 Å². The molecule has 0 aliphatic heterocycles. The van der Waals surface area contributed by atoms with Crippen LogP contribution in [-0.4, -0.2) is 18.5 Å². The Bertz CT molecular complexity index is 201. The van der Waals surface area contributed by atoms with Crippen molar-refractivity contribution in [3.05, 3.63) is 0 Å². The molecular weight excluding hydrogens is 162 g/mol. The highest BCUT2D eigenvalue weighted by Gasteiger charge is 2.00. The molecule has 0 spiro atoms. The van der Waals surface area contributed by atoms with Crippen molar-refractivity contribution in [2.24, 2.45) is 16.6 Å². The van der Waals surface area contributed by atoms with Crippen LogP contribution in [-0.2, 0) is 0 Å². The Hall–Kier alpha value is -1.17. The van der Waals surface area contributed by atoms with Gasteiger partial charge in [0.05, 0.1) is 0 Å². The molecule has 0 fully saturated rings. The van der Waals surface area contributed by atoms with Gasteiger partial charge in [0.25, 0.3) is 0 Å². The van der Waals surface area contributed by atoms with E-state index in [-0.39, 0.29) is 6.04 Å². The van der Waals surface area contributed by atoms with Gasteiger partial charge in [-0.25, -0.2) is 0 Å². The van der Waals surface area contributed by atoms with E-state index < -0.39 is 0 Å². The molecule has 0 radical (unpaired) electrons. The summed E-state index contributed by atoms with van der Waals surface area (Å²) in [7, 11) is 0. The van der Waals surface area contributed by atoms with Crippen LogP contribution in [0.2, 0.25) is 0 Å². The molecule has 0 aromatic rings. The summed E-state index contributed by atoms with van der Waals surface area (Å²) < 4.78 is 0. The Morgan fingerprint density at radius 2 is 2.15 bits per heavy atom. The average molecular weight is 181 g/mol. The summed E-state index contributed by atoms with van der Waals surface area (Å²) in [6, 6.07) is 0.195. The number of nitrogens with one attached hydrogen (secondary N) is 1. The SMILES string of the molecule is C#CCC(C)NC(N)=NCC(C)C. The second-order valence-corrected chi connectivity index (χ2v) is 3.57. The molecule has 13 heavy (non-hydrogen) atoms. The van der Waals surface area contributed by atoms with E-state index in [1.807, 2.05) is 6.92 Å². The Morgan fingerprint density at radius 1 is 1.54 bits per heavy atom. The normalized spacial score (nSPS) is 13.9. The lowest BCUT2D eigenvalue weighted by Gasteiger charge is -2.11. The molecule has 0 aromatic heterocycles. The smallest absolute Gasteiger partial charge is 0.188 e. The first-order valence-corrected chi connectivity index (χ1v) is 4.56. The van der Waals surface area contributed by atoms with E-state index in [4.69, 9.17) is 12.2 Å². The maximum atomic E-state index is 5.62. The zero-order valence-corrected chi connectivity index (χ0v) is 8.67. The van der Waals surface area contributed by atoms with Crippen LogP contribution < -0.4 is 11.1 Å². The van der Waals surface area contributed by atoms with Crippen LogP contribution in [0.15, 0.2) is 4.99 Å². The molecule has 0 heterocycles. The monoisotopic (exact) mass is 181 g/mol. The first kappa shape index (κ1) is 11.8. The number of nitrogens with zero attached hydrogens (tertiary/aromatic N) is 1. The Kier molecular flexibility index (Phi) is 5.79. The third-order valence-corrected chi connectivity index (χ3v) is 1.45. The molecule has 3 heteroatoms. The van der Waals surface area contributed by atoms with Gasteiger partial charge >= 0.3 is 0 Å². The first-order valence-electron chi connectivity index (χ1n) is 4.56. The third kappa shape index (κ3) is 7.20. The highest BCUT2D eigenvalue weighted by molar-refractivity contribution is 5.78.